The standard InChI is InChI=1S/C9H16N2S/c1-5-9(3,4)7-6(2)11-8(10)12-7/h5H2,1-4H3,(H2,10,11). The summed E-state index contributed by atoms with van der Waals surface area (Å²) in [4.78, 5) is 5.54. The van der Waals surface area contributed by atoms with Crippen LogP contribution in [0.3, 0.4) is 0 Å². The van der Waals surface area contributed by atoms with Crippen molar-refractivity contribution >= 4 is 16.5 Å². The van der Waals surface area contributed by atoms with Crippen molar-refractivity contribution in [3.8, 4) is 0 Å². The molecule has 0 spiro atoms. The molecule has 1 aromatic rings. The zero-order chi connectivity index (χ0) is 9.35. The van der Waals surface area contributed by atoms with Crippen molar-refractivity contribution in [3.63, 3.8) is 0 Å². The number of aromatic nitrogens is 1. The summed E-state index contributed by atoms with van der Waals surface area (Å²) in [7, 11) is 0. The van der Waals surface area contributed by atoms with Gasteiger partial charge in [0.1, 0.15) is 0 Å². The molecule has 0 unspecified atom stereocenters. The monoisotopic (exact) mass is 184 g/mol. The Bertz CT molecular complexity index is 276. The number of hydrogen-bond acceptors (Lipinski definition) is 3. The molecule has 1 rings (SSSR count). The van der Waals surface area contributed by atoms with Gasteiger partial charge in [-0.15, -0.1) is 11.3 Å². The lowest BCUT2D eigenvalue weighted by atomic mass is 9.88. The van der Waals surface area contributed by atoms with Gasteiger partial charge in [0, 0.05) is 10.3 Å². The van der Waals surface area contributed by atoms with Gasteiger partial charge in [-0.1, -0.05) is 20.8 Å². The van der Waals surface area contributed by atoms with E-state index in [0.717, 1.165) is 12.1 Å². The highest BCUT2D eigenvalue weighted by atomic mass is 32.1. The first-order valence-corrected chi connectivity index (χ1v) is 5.02. The molecule has 0 radical (unpaired) electrons. The number of nitrogens with zero attached hydrogens (tertiary/aromatic N) is 1. The summed E-state index contributed by atoms with van der Waals surface area (Å²) >= 11 is 1.61. The van der Waals surface area contributed by atoms with E-state index in [1.54, 1.807) is 11.3 Å². The number of aryl methyl sites for hydroxylation is 1. The molecule has 3 heteroatoms. The molecule has 2 nitrogen and oxygen atoms in total. The number of hydrogen-bond donors (Lipinski definition) is 1. The number of thiazole rings is 1. The van der Waals surface area contributed by atoms with Crippen molar-refractivity contribution in [1.82, 2.24) is 4.98 Å². The normalized spacial score (nSPS) is 12.0. The van der Waals surface area contributed by atoms with Crippen molar-refractivity contribution < 1.29 is 0 Å². The first-order chi connectivity index (χ1) is 5.47. The zero-order valence-corrected chi connectivity index (χ0v) is 8.96. The fraction of sp³-hybridized carbons (Fsp3) is 0.667. The Morgan fingerprint density at radius 2 is 2.08 bits per heavy atom. The average Bonchev–Trinajstić information content (AvgIpc) is 2.31. The minimum Gasteiger partial charge on any atom is -0.375 e. The van der Waals surface area contributed by atoms with Gasteiger partial charge in [-0.25, -0.2) is 4.98 Å². The van der Waals surface area contributed by atoms with Gasteiger partial charge in [0.05, 0.1) is 5.69 Å². The van der Waals surface area contributed by atoms with Crippen LogP contribution in [0.1, 0.15) is 37.8 Å². The minimum atomic E-state index is 0.222. The summed E-state index contributed by atoms with van der Waals surface area (Å²) in [6.45, 7) is 8.68. The maximum atomic E-state index is 5.64. The number of rotatable bonds is 2. The molecule has 0 aliphatic rings. The third-order valence-corrected chi connectivity index (χ3v) is 3.66. The van der Waals surface area contributed by atoms with Gasteiger partial charge in [-0.3, -0.25) is 0 Å². The van der Waals surface area contributed by atoms with Crippen LogP contribution < -0.4 is 5.73 Å². The summed E-state index contributed by atoms with van der Waals surface area (Å²) in [5.41, 5.74) is 6.95. The van der Waals surface area contributed by atoms with Crippen LogP contribution in [0.2, 0.25) is 0 Å². The van der Waals surface area contributed by atoms with Crippen LogP contribution in [0.25, 0.3) is 0 Å². The molecule has 1 aromatic heterocycles. The van der Waals surface area contributed by atoms with Gasteiger partial charge in [0.25, 0.3) is 0 Å². The fourth-order valence-corrected chi connectivity index (χ4v) is 2.21. The third kappa shape index (κ3) is 1.61. The smallest absolute Gasteiger partial charge is 0.180 e. The molecule has 12 heavy (non-hydrogen) atoms. The molecule has 0 amide bonds. The Morgan fingerprint density at radius 1 is 1.50 bits per heavy atom. The van der Waals surface area contributed by atoms with E-state index < -0.39 is 0 Å². The van der Waals surface area contributed by atoms with Gasteiger partial charge in [-0.2, -0.15) is 0 Å². The van der Waals surface area contributed by atoms with E-state index in [-0.39, 0.29) is 5.41 Å². The Kier molecular flexibility index (Phi) is 2.42. The van der Waals surface area contributed by atoms with Crippen LogP contribution in [-0.2, 0) is 5.41 Å². The molecule has 0 aliphatic carbocycles. The second-order valence-corrected chi connectivity index (χ2v) is 4.73. The third-order valence-electron chi connectivity index (χ3n) is 2.31. The second-order valence-electron chi connectivity index (χ2n) is 3.70. The molecule has 2 N–H and O–H groups in total. The molecule has 68 valence electrons. The van der Waals surface area contributed by atoms with Crippen LogP contribution in [0.4, 0.5) is 5.13 Å². The number of nitrogens with two attached hydrogens (primary N) is 1. The molecule has 0 aliphatic heterocycles. The number of anilines is 1. The molecule has 0 saturated carbocycles. The van der Waals surface area contributed by atoms with Crippen molar-refractivity contribution in [2.45, 2.75) is 39.5 Å². The van der Waals surface area contributed by atoms with Crippen molar-refractivity contribution in [2.75, 3.05) is 5.73 Å². The van der Waals surface area contributed by atoms with Crippen molar-refractivity contribution in [2.24, 2.45) is 0 Å². The maximum Gasteiger partial charge on any atom is 0.180 e. The van der Waals surface area contributed by atoms with Crippen molar-refractivity contribution in [3.05, 3.63) is 10.6 Å². The Balaban J connectivity index is 3.09. The Labute approximate surface area is 77.8 Å². The summed E-state index contributed by atoms with van der Waals surface area (Å²) in [5, 5.41) is 0.684. The van der Waals surface area contributed by atoms with E-state index in [0.29, 0.717) is 5.13 Å². The molecular formula is C9H16N2S. The van der Waals surface area contributed by atoms with Gasteiger partial charge < -0.3 is 5.73 Å². The highest BCUT2D eigenvalue weighted by molar-refractivity contribution is 7.15. The van der Waals surface area contributed by atoms with E-state index in [4.69, 9.17) is 5.73 Å². The lowest BCUT2D eigenvalue weighted by Crippen LogP contribution is -2.14. The lowest BCUT2D eigenvalue weighted by Gasteiger charge is -2.21. The predicted octanol–water partition coefficient (Wildman–Crippen LogP) is 2.72. The Hall–Kier alpha value is -0.570. The highest BCUT2D eigenvalue weighted by Gasteiger charge is 2.23. The van der Waals surface area contributed by atoms with Gasteiger partial charge in [0.2, 0.25) is 0 Å². The van der Waals surface area contributed by atoms with E-state index in [1.807, 2.05) is 6.92 Å². The van der Waals surface area contributed by atoms with E-state index in [9.17, 15) is 0 Å². The summed E-state index contributed by atoms with van der Waals surface area (Å²) in [6, 6.07) is 0. The fourth-order valence-electron chi connectivity index (χ4n) is 1.21. The maximum absolute atomic E-state index is 5.64. The molecular weight excluding hydrogens is 168 g/mol. The summed E-state index contributed by atoms with van der Waals surface area (Å²) < 4.78 is 0. The minimum absolute atomic E-state index is 0.222. The van der Waals surface area contributed by atoms with E-state index in [1.165, 1.54) is 4.88 Å². The first kappa shape index (κ1) is 9.52. The van der Waals surface area contributed by atoms with Crippen LogP contribution in [0, 0.1) is 6.92 Å². The molecule has 0 saturated heterocycles. The topological polar surface area (TPSA) is 38.9 Å². The van der Waals surface area contributed by atoms with E-state index >= 15 is 0 Å². The summed E-state index contributed by atoms with van der Waals surface area (Å²) in [6.07, 6.45) is 1.12. The van der Waals surface area contributed by atoms with Gasteiger partial charge in [0.15, 0.2) is 5.13 Å². The van der Waals surface area contributed by atoms with Crippen molar-refractivity contribution in [1.29, 1.82) is 0 Å². The van der Waals surface area contributed by atoms with Crippen LogP contribution in [-0.4, -0.2) is 4.98 Å². The average molecular weight is 184 g/mol. The van der Waals surface area contributed by atoms with Gasteiger partial charge >= 0.3 is 0 Å². The van der Waals surface area contributed by atoms with Gasteiger partial charge in [-0.05, 0) is 13.3 Å². The molecule has 0 atom stereocenters. The highest BCUT2D eigenvalue weighted by Crippen LogP contribution is 2.34. The molecule has 1 heterocycles. The quantitative estimate of drug-likeness (QED) is 0.767. The molecule has 0 aromatic carbocycles. The molecule has 0 fully saturated rings. The summed E-state index contributed by atoms with van der Waals surface area (Å²) in [5.74, 6) is 0. The number of nitrogen functional groups attached to an aromatic ring is 1. The lowest BCUT2D eigenvalue weighted by molar-refractivity contribution is 0.513. The molecule has 0 bridgehead atoms. The SMILES string of the molecule is CCC(C)(C)c1sc(N)nc1C. The first-order valence-electron chi connectivity index (χ1n) is 4.20. The van der Waals surface area contributed by atoms with E-state index in [2.05, 4.69) is 25.8 Å². The second kappa shape index (κ2) is 3.05. The Morgan fingerprint density at radius 3 is 2.42 bits per heavy atom. The largest absolute Gasteiger partial charge is 0.375 e. The van der Waals surface area contributed by atoms with Crippen LogP contribution in [0.15, 0.2) is 0 Å². The van der Waals surface area contributed by atoms with Crippen LogP contribution in [0.5, 0.6) is 0 Å². The van der Waals surface area contributed by atoms with Crippen LogP contribution >= 0.6 is 11.3 Å². The predicted molar refractivity (Wildman–Crippen MR) is 54.6 cm³/mol. The zero-order valence-electron chi connectivity index (χ0n) is 8.14.